The van der Waals surface area contributed by atoms with Crippen molar-refractivity contribution >= 4 is 34.8 Å². The molecule has 0 unspecified atom stereocenters. The Morgan fingerprint density at radius 3 is 2.38 bits per heavy atom. The molecule has 8 heteroatoms. The van der Waals surface area contributed by atoms with Gasteiger partial charge in [-0.2, -0.15) is 0 Å². The molecule has 0 saturated heterocycles. The summed E-state index contributed by atoms with van der Waals surface area (Å²) < 4.78 is 1.40. The zero-order chi connectivity index (χ0) is 21.1. The van der Waals surface area contributed by atoms with E-state index in [9.17, 15) is 9.59 Å². The lowest BCUT2D eigenvalue weighted by molar-refractivity contribution is -0.117. The lowest BCUT2D eigenvalue weighted by atomic mass is 10.1. The van der Waals surface area contributed by atoms with Gasteiger partial charge in [-0.25, -0.2) is 4.68 Å². The van der Waals surface area contributed by atoms with Crippen LogP contribution in [0.5, 0.6) is 0 Å². The first-order valence-corrected chi connectivity index (χ1v) is 9.47. The van der Waals surface area contributed by atoms with Gasteiger partial charge >= 0.3 is 0 Å². The number of carbonyl (C=O) groups is 2. The molecule has 2 N–H and O–H groups in total. The van der Waals surface area contributed by atoms with Crippen LogP contribution in [0.15, 0.2) is 36.4 Å². The highest BCUT2D eigenvalue weighted by Crippen LogP contribution is 2.23. The molecule has 0 atom stereocenters. The van der Waals surface area contributed by atoms with Gasteiger partial charge in [0.25, 0.3) is 5.91 Å². The minimum Gasteiger partial charge on any atom is -0.324 e. The molecule has 0 radical (unpaired) electrons. The van der Waals surface area contributed by atoms with Crippen molar-refractivity contribution in [3.8, 4) is 0 Å². The Hall–Kier alpha value is -3.19. The molecule has 0 spiro atoms. The number of nitrogens with zero attached hydrogens (tertiary/aromatic N) is 3. The van der Waals surface area contributed by atoms with Gasteiger partial charge in [-0.15, -0.1) is 5.10 Å². The van der Waals surface area contributed by atoms with E-state index in [1.807, 2.05) is 45.0 Å². The number of nitrogens with one attached hydrogen (secondary N) is 2. The van der Waals surface area contributed by atoms with Crippen molar-refractivity contribution < 1.29 is 9.59 Å². The number of aryl methyl sites for hydroxylation is 3. The summed E-state index contributed by atoms with van der Waals surface area (Å²) in [6, 6.07) is 11.1. The van der Waals surface area contributed by atoms with Crippen LogP contribution >= 0.6 is 11.6 Å². The molecule has 1 heterocycles. The molecular weight excluding hydrogens is 390 g/mol. The Balaban J connectivity index is 1.71. The fourth-order valence-corrected chi connectivity index (χ4v) is 3.23. The molecule has 150 valence electrons. The van der Waals surface area contributed by atoms with Crippen molar-refractivity contribution in [1.29, 1.82) is 0 Å². The largest absolute Gasteiger partial charge is 0.324 e. The van der Waals surface area contributed by atoms with Gasteiger partial charge in [0, 0.05) is 5.69 Å². The summed E-state index contributed by atoms with van der Waals surface area (Å²) in [5, 5.41) is 14.0. The van der Waals surface area contributed by atoms with E-state index in [-0.39, 0.29) is 18.1 Å². The number of benzene rings is 2. The number of para-hydroxylation sites is 1. The average Bonchev–Trinajstić information content (AvgIpc) is 3.01. The molecule has 0 saturated carbocycles. The molecule has 2 aromatic carbocycles. The van der Waals surface area contributed by atoms with Crippen LogP contribution in [0.1, 0.15) is 32.9 Å². The van der Waals surface area contributed by atoms with Crippen LogP contribution in [0, 0.1) is 27.7 Å². The van der Waals surface area contributed by atoms with Gasteiger partial charge in [0.15, 0.2) is 5.69 Å². The predicted octanol–water partition coefficient (Wildman–Crippen LogP) is 4.06. The molecule has 2 amide bonds. The van der Waals surface area contributed by atoms with E-state index in [0.717, 1.165) is 22.4 Å². The summed E-state index contributed by atoms with van der Waals surface area (Å²) in [6.45, 7) is 7.42. The first kappa shape index (κ1) is 20.5. The minimum absolute atomic E-state index is 0.0504. The molecule has 0 aliphatic carbocycles. The number of halogens is 1. The Labute approximate surface area is 174 Å². The molecule has 3 rings (SSSR count). The van der Waals surface area contributed by atoms with Crippen molar-refractivity contribution in [3.05, 3.63) is 69.5 Å². The van der Waals surface area contributed by atoms with E-state index in [1.54, 1.807) is 19.1 Å². The van der Waals surface area contributed by atoms with Gasteiger partial charge in [0.1, 0.15) is 6.54 Å². The maximum atomic E-state index is 12.6. The molecule has 0 fully saturated rings. The van der Waals surface area contributed by atoms with E-state index in [4.69, 9.17) is 11.6 Å². The lowest BCUT2D eigenvalue weighted by Crippen LogP contribution is -2.21. The third-order valence-electron chi connectivity index (χ3n) is 4.61. The van der Waals surface area contributed by atoms with Crippen molar-refractivity contribution in [3.63, 3.8) is 0 Å². The van der Waals surface area contributed by atoms with Gasteiger partial charge in [0.2, 0.25) is 5.91 Å². The minimum atomic E-state index is -0.436. The average molecular weight is 412 g/mol. The predicted molar refractivity (Wildman–Crippen MR) is 113 cm³/mol. The molecule has 1 aromatic heterocycles. The van der Waals surface area contributed by atoms with Crippen LogP contribution in [-0.4, -0.2) is 26.8 Å². The summed E-state index contributed by atoms with van der Waals surface area (Å²) in [4.78, 5) is 25.0. The number of hydrogen-bond donors (Lipinski definition) is 2. The lowest BCUT2D eigenvalue weighted by Gasteiger charge is -2.11. The second-order valence-corrected chi connectivity index (χ2v) is 7.34. The van der Waals surface area contributed by atoms with Gasteiger partial charge in [-0.1, -0.05) is 41.1 Å². The molecule has 3 aromatic rings. The second kappa shape index (κ2) is 8.45. The maximum Gasteiger partial charge on any atom is 0.278 e. The zero-order valence-corrected chi connectivity index (χ0v) is 17.5. The van der Waals surface area contributed by atoms with Crippen molar-refractivity contribution in [2.75, 3.05) is 10.6 Å². The standard InChI is InChI=1S/C21H22ClN5O2/c1-12-8-9-17(16(22)10-12)23-21(29)20-15(4)27(26-25-20)11-18(28)24-19-13(2)6-5-7-14(19)3/h5-10H,11H2,1-4H3,(H,23,29)(H,24,28). The van der Waals surface area contributed by atoms with Crippen LogP contribution in [0.4, 0.5) is 11.4 Å². The van der Waals surface area contributed by atoms with Gasteiger partial charge in [-0.3, -0.25) is 9.59 Å². The van der Waals surface area contributed by atoms with E-state index in [2.05, 4.69) is 20.9 Å². The molecule has 7 nitrogen and oxygen atoms in total. The molecular formula is C21H22ClN5O2. The summed E-state index contributed by atoms with van der Waals surface area (Å²) >= 11 is 6.17. The van der Waals surface area contributed by atoms with Crippen molar-refractivity contribution in [1.82, 2.24) is 15.0 Å². The van der Waals surface area contributed by atoms with Crippen LogP contribution in [-0.2, 0) is 11.3 Å². The molecule has 0 aliphatic heterocycles. The number of anilines is 2. The number of carbonyl (C=O) groups excluding carboxylic acids is 2. The molecule has 0 bridgehead atoms. The quantitative estimate of drug-likeness (QED) is 0.662. The zero-order valence-electron chi connectivity index (χ0n) is 16.7. The van der Waals surface area contributed by atoms with Crippen LogP contribution in [0.25, 0.3) is 0 Å². The van der Waals surface area contributed by atoms with Crippen molar-refractivity contribution in [2.45, 2.75) is 34.2 Å². The van der Waals surface area contributed by atoms with E-state index < -0.39 is 5.91 Å². The van der Waals surface area contributed by atoms with Crippen LogP contribution < -0.4 is 10.6 Å². The topological polar surface area (TPSA) is 88.9 Å². The van der Waals surface area contributed by atoms with Gasteiger partial charge in [0.05, 0.1) is 16.4 Å². The van der Waals surface area contributed by atoms with E-state index in [1.165, 1.54) is 4.68 Å². The Morgan fingerprint density at radius 2 is 1.72 bits per heavy atom. The normalized spacial score (nSPS) is 10.7. The number of rotatable bonds is 5. The highest BCUT2D eigenvalue weighted by molar-refractivity contribution is 6.34. The van der Waals surface area contributed by atoms with Gasteiger partial charge < -0.3 is 10.6 Å². The maximum absolute atomic E-state index is 12.6. The fraction of sp³-hybridized carbons (Fsp3) is 0.238. The summed E-state index contributed by atoms with van der Waals surface area (Å²) in [5.74, 6) is -0.682. The third kappa shape index (κ3) is 4.63. The third-order valence-corrected chi connectivity index (χ3v) is 4.92. The number of hydrogen-bond acceptors (Lipinski definition) is 4. The van der Waals surface area contributed by atoms with Gasteiger partial charge in [-0.05, 0) is 56.5 Å². The van der Waals surface area contributed by atoms with Crippen LogP contribution in [0.3, 0.4) is 0 Å². The smallest absolute Gasteiger partial charge is 0.278 e. The Kier molecular flexibility index (Phi) is 5.98. The van der Waals surface area contributed by atoms with E-state index >= 15 is 0 Å². The van der Waals surface area contributed by atoms with Crippen molar-refractivity contribution in [2.24, 2.45) is 0 Å². The first-order valence-electron chi connectivity index (χ1n) is 9.10. The summed E-state index contributed by atoms with van der Waals surface area (Å²) in [7, 11) is 0. The number of aromatic nitrogens is 3. The van der Waals surface area contributed by atoms with Crippen LogP contribution in [0.2, 0.25) is 5.02 Å². The monoisotopic (exact) mass is 411 g/mol. The van der Waals surface area contributed by atoms with E-state index in [0.29, 0.717) is 16.4 Å². The Morgan fingerprint density at radius 1 is 1.03 bits per heavy atom. The fourth-order valence-electron chi connectivity index (χ4n) is 2.95. The Bertz CT molecular complexity index is 1070. The summed E-state index contributed by atoms with van der Waals surface area (Å²) in [6.07, 6.45) is 0. The summed E-state index contributed by atoms with van der Waals surface area (Å²) in [5.41, 5.74) is 4.84. The highest BCUT2D eigenvalue weighted by Gasteiger charge is 2.19. The molecule has 0 aliphatic rings. The second-order valence-electron chi connectivity index (χ2n) is 6.93. The molecule has 29 heavy (non-hydrogen) atoms. The highest BCUT2D eigenvalue weighted by atomic mass is 35.5. The number of amides is 2. The first-order chi connectivity index (χ1) is 13.8. The SMILES string of the molecule is Cc1ccc(NC(=O)c2nnn(CC(=O)Nc3c(C)cccc3C)c2C)c(Cl)c1.